The van der Waals surface area contributed by atoms with Gasteiger partial charge in [-0.2, -0.15) is 0 Å². The average Bonchev–Trinajstić information content (AvgIpc) is 2.23. The Kier molecular flexibility index (Phi) is 5.47. The standard InChI is InChI=1S/C6H11BNO5P/c1-11-6(9)5(7-4-8)14(10,12-2)13-3/h5,7H,1-3H3. The highest BCUT2D eigenvalue weighted by Crippen LogP contribution is 2.51. The molecule has 0 heterocycles. The number of nitriles is 1. The van der Waals surface area contributed by atoms with Crippen LogP contribution in [0.5, 0.6) is 0 Å². The first-order valence-corrected chi connectivity index (χ1v) is 5.32. The molecule has 0 aliphatic heterocycles. The molecular formula is C6H11BNO5P. The summed E-state index contributed by atoms with van der Waals surface area (Å²) in [6.45, 7) is 0. The summed E-state index contributed by atoms with van der Waals surface area (Å²) in [6, 6.07) is 0. The van der Waals surface area contributed by atoms with Crippen molar-refractivity contribution >= 4 is 20.8 Å². The van der Waals surface area contributed by atoms with E-state index in [0.29, 0.717) is 0 Å². The number of hydrogen-bond donors (Lipinski definition) is 0. The monoisotopic (exact) mass is 219 g/mol. The van der Waals surface area contributed by atoms with Crippen molar-refractivity contribution in [2.45, 2.75) is 5.56 Å². The second-order valence-corrected chi connectivity index (χ2v) is 4.74. The minimum Gasteiger partial charge on any atom is -0.469 e. The zero-order chi connectivity index (χ0) is 11.2. The molecule has 0 bridgehead atoms. The predicted molar refractivity (Wildman–Crippen MR) is 50.2 cm³/mol. The van der Waals surface area contributed by atoms with E-state index in [-0.39, 0.29) is 7.28 Å². The zero-order valence-corrected chi connectivity index (χ0v) is 9.11. The second kappa shape index (κ2) is 5.81. The SMILES string of the molecule is COC(=O)C(BC#N)P(=O)(OC)OC. The Bertz CT molecular complexity index is 280. The van der Waals surface area contributed by atoms with Crippen molar-refractivity contribution in [2.24, 2.45) is 0 Å². The molecule has 6 nitrogen and oxygen atoms in total. The molecule has 1 atom stereocenters. The second-order valence-electron chi connectivity index (χ2n) is 2.31. The van der Waals surface area contributed by atoms with E-state index in [1.165, 1.54) is 0 Å². The first-order chi connectivity index (χ1) is 6.55. The number of hydrogen-bond acceptors (Lipinski definition) is 6. The van der Waals surface area contributed by atoms with E-state index in [1.807, 2.05) is 0 Å². The van der Waals surface area contributed by atoms with Gasteiger partial charge in [-0.15, -0.1) is 0 Å². The quantitative estimate of drug-likeness (QED) is 0.364. The summed E-state index contributed by atoms with van der Waals surface area (Å²) < 4.78 is 25.3. The van der Waals surface area contributed by atoms with Crippen LogP contribution in [0, 0.1) is 11.2 Å². The van der Waals surface area contributed by atoms with Gasteiger partial charge in [0.1, 0.15) is 5.56 Å². The lowest BCUT2D eigenvalue weighted by atomic mass is 9.76. The van der Waals surface area contributed by atoms with E-state index in [4.69, 9.17) is 5.26 Å². The largest absolute Gasteiger partial charge is 0.469 e. The highest BCUT2D eigenvalue weighted by Gasteiger charge is 2.41. The topological polar surface area (TPSA) is 85.6 Å². The molecule has 0 saturated heterocycles. The van der Waals surface area contributed by atoms with Crippen LogP contribution in [0.2, 0.25) is 0 Å². The molecule has 0 aromatic rings. The van der Waals surface area contributed by atoms with Crippen LogP contribution >= 0.6 is 7.60 Å². The number of carbonyl (C=O) groups excluding carboxylic acids is 1. The zero-order valence-electron chi connectivity index (χ0n) is 8.22. The summed E-state index contributed by atoms with van der Waals surface area (Å²) >= 11 is 0. The van der Waals surface area contributed by atoms with Gasteiger partial charge in [0.2, 0.25) is 0 Å². The molecule has 0 radical (unpaired) electrons. The van der Waals surface area contributed by atoms with E-state index < -0.39 is 19.1 Å². The third kappa shape index (κ3) is 2.84. The molecule has 0 aromatic carbocycles. The molecular weight excluding hydrogens is 208 g/mol. The van der Waals surface area contributed by atoms with Crippen LogP contribution in [0.4, 0.5) is 0 Å². The summed E-state index contributed by atoms with van der Waals surface area (Å²) in [6.07, 6.45) is 0. The smallest absolute Gasteiger partial charge is 0.337 e. The number of esters is 1. The fourth-order valence-electron chi connectivity index (χ4n) is 0.876. The maximum absolute atomic E-state index is 11.7. The molecule has 0 saturated carbocycles. The van der Waals surface area contributed by atoms with Crippen LogP contribution in [0.15, 0.2) is 0 Å². The van der Waals surface area contributed by atoms with Crippen molar-refractivity contribution in [3.05, 3.63) is 0 Å². The molecule has 1 unspecified atom stereocenters. The van der Waals surface area contributed by atoms with Crippen LogP contribution in [0.25, 0.3) is 0 Å². The first-order valence-electron chi connectivity index (χ1n) is 3.71. The molecule has 78 valence electrons. The van der Waals surface area contributed by atoms with Crippen molar-refractivity contribution in [1.29, 1.82) is 5.26 Å². The Morgan fingerprint density at radius 2 is 1.93 bits per heavy atom. The lowest BCUT2D eigenvalue weighted by Crippen LogP contribution is -2.29. The first kappa shape index (κ1) is 13.2. The Labute approximate surface area is 82.9 Å². The molecule has 0 amide bonds. The van der Waals surface area contributed by atoms with Crippen molar-refractivity contribution in [1.82, 2.24) is 0 Å². The van der Waals surface area contributed by atoms with Gasteiger partial charge in [-0.05, 0) is 5.97 Å². The average molecular weight is 219 g/mol. The summed E-state index contributed by atoms with van der Waals surface area (Å²) in [5.41, 5.74) is -1.19. The van der Waals surface area contributed by atoms with Gasteiger partial charge in [-0.25, -0.2) is 5.26 Å². The molecule has 14 heavy (non-hydrogen) atoms. The Hall–Kier alpha value is -0.825. The number of methoxy groups -OCH3 is 1. The fourth-order valence-corrected chi connectivity index (χ4v) is 2.20. The van der Waals surface area contributed by atoms with Crippen molar-refractivity contribution in [3.63, 3.8) is 0 Å². The summed E-state index contributed by atoms with van der Waals surface area (Å²) in [7, 11) is -0.408. The lowest BCUT2D eigenvalue weighted by Gasteiger charge is -2.19. The van der Waals surface area contributed by atoms with Gasteiger partial charge in [0.15, 0.2) is 0 Å². The number of nitrogens with zero attached hydrogens (tertiary/aromatic N) is 1. The molecule has 0 aliphatic rings. The summed E-state index contributed by atoms with van der Waals surface area (Å²) in [5, 5.41) is 8.45. The van der Waals surface area contributed by atoms with Gasteiger partial charge < -0.3 is 13.8 Å². The van der Waals surface area contributed by atoms with Crippen LogP contribution in [-0.2, 0) is 23.1 Å². The molecule has 0 fully saturated rings. The van der Waals surface area contributed by atoms with E-state index in [2.05, 4.69) is 13.8 Å². The molecule has 0 aromatic heterocycles. The maximum atomic E-state index is 11.7. The van der Waals surface area contributed by atoms with Crippen molar-refractivity contribution in [2.75, 3.05) is 21.3 Å². The number of carbonyl (C=O) groups is 1. The Morgan fingerprint density at radius 3 is 2.21 bits per heavy atom. The van der Waals surface area contributed by atoms with Gasteiger partial charge in [-0.3, -0.25) is 9.36 Å². The predicted octanol–water partition coefficient (Wildman–Crippen LogP) is -0.111. The van der Waals surface area contributed by atoms with E-state index in [0.717, 1.165) is 21.3 Å². The van der Waals surface area contributed by atoms with Crippen LogP contribution < -0.4 is 0 Å². The fraction of sp³-hybridized carbons (Fsp3) is 0.667. The molecule has 0 aliphatic carbocycles. The van der Waals surface area contributed by atoms with Crippen molar-refractivity contribution in [3.8, 4) is 5.97 Å². The van der Waals surface area contributed by atoms with Gasteiger partial charge in [0.25, 0.3) is 7.28 Å². The highest BCUT2D eigenvalue weighted by atomic mass is 31.2. The van der Waals surface area contributed by atoms with Crippen molar-refractivity contribution < 1.29 is 23.1 Å². The maximum Gasteiger partial charge on any atom is 0.337 e. The van der Waals surface area contributed by atoms with Crippen LogP contribution in [0.3, 0.4) is 0 Å². The third-order valence-electron chi connectivity index (χ3n) is 1.65. The van der Waals surface area contributed by atoms with Gasteiger partial charge in [0, 0.05) is 14.2 Å². The highest BCUT2D eigenvalue weighted by molar-refractivity contribution is 7.58. The third-order valence-corrected chi connectivity index (χ3v) is 3.82. The number of rotatable bonds is 5. The van der Waals surface area contributed by atoms with E-state index in [1.54, 1.807) is 5.97 Å². The van der Waals surface area contributed by atoms with Crippen LogP contribution in [-0.4, -0.2) is 40.1 Å². The summed E-state index contributed by atoms with van der Waals surface area (Å²) in [4.78, 5) is 11.2. The van der Waals surface area contributed by atoms with Gasteiger partial charge in [0.05, 0.1) is 7.11 Å². The lowest BCUT2D eigenvalue weighted by molar-refractivity contribution is -0.138. The number of ether oxygens (including phenoxy) is 1. The van der Waals surface area contributed by atoms with E-state index in [9.17, 15) is 9.36 Å². The molecule has 0 spiro atoms. The minimum atomic E-state index is -3.58. The van der Waals surface area contributed by atoms with Gasteiger partial charge >= 0.3 is 13.6 Å². The minimum absolute atomic E-state index is 0.272. The molecule has 8 heteroatoms. The molecule has 0 rings (SSSR count). The van der Waals surface area contributed by atoms with Crippen LogP contribution in [0.1, 0.15) is 0 Å². The Morgan fingerprint density at radius 1 is 1.43 bits per heavy atom. The normalized spacial score (nSPS) is 12.7. The molecule has 0 N–H and O–H groups in total. The van der Waals surface area contributed by atoms with Gasteiger partial charge in [-0.1, -0.05) is 0 Å². The Balaban J connectivity index is 4.90. The van der Waals surface area contributed by atoms with E-state index >= 15 is 0 Å². The summed E-state index contributed by atoms with van der Waals surface area (Å²) in [5.74, 6) is 0.945.